The van der Waals surface area contributed by atoms with Gasteiger partial charge in [-0.25, -0.2) is 0 Å². The second-order valence-corrected chi connectivity index (χ2v) is 11.4. The van der Waals surface area contributed by atoms with Crippen LogP contribution in [0.1, 0.15) is 59.4 Å². The van der Waals surface area contributed by atoms with Crippen molar-refractivity contribution in [2.45, 2.75) is 33.7 Å². The van der Waals surface area contributed by atoms with E-state index in [1.165, 1.54) is 0 Å². The minimum absolute atomic E-state index is 0.00645. The Balaban J connectivity index is 1.43. The van der Waals surface area contributed by atoms with Crippen molar-refractivity contribution in [3.8, 4) is 6.07 Å². The van der Waals surface area contributed by atoms with Crippen molar-refractivity contribution in [3.63, 3.8) is 0 Å². The number of para-hydroxylation sites is 1. The summed E-state index contributed by atoms with van der Waals surface area (Å²) in [5, 5.41) is 13.0. The van der Waals surface area contributed by atoms with Gasteiger partial charge in [0.2, 0.25) is 5.91 Å². The zero-order valence-corrected chi connectivity index (χ0v) is 23.3. The Bertz CT molecular complexity index is 1470. The molecule has 1 N–H and O–H groups in total. The average Bonchev–Trinajstić information content (AvgIpc) is 3.02. The molecule has 200 valence electrons. The number of amides is 2. The van der Waals surface area contributed by atoms with Crippen molar-refractivity contribution in [3.05, 3.63) is 88.5 Å². The highest BCUT2D eigenvalue weighted by Crippen LogP contribution is 2.41. The normalized spacial score (nSPS) is 17.6. The van der Waals surface area contributed by atoms with Crippen LogP contribution in [0.5, 0.6) is 0 Å². The highest BCUT2D eigenvalue weighted by Gasteiger charge is 2.35. The monoisotopic (exact) mass is 521 g/mol. The van der Waals surface area contributed by atoms with Crippen molar-refractivity contribution >= 4 is 28.9 Å². The van der Waals surface area contributed by atoms with Crippen LogP contribution in [0.2, 0.25) is 0 Å². The number of fused-ring (bicyclic) bond motifs is 2. The SMILES string of the molecule is Cc1cc(N2CCN(C3c4ccccc4C(=O)N(C)c4ccccc43)CC2)c(C#N)cc1NC(=O)C(C)(C)C. The quantitative estimate of drug-likeness (QED) is 0.503. The van der Waals surface area contributed by atoms with Crippen LogP contribution >= 0.6 is 0 Å². The van der Waals surface area contributed by atoms with Crippen LogP contribution in [-0.2, 0) is 4.79 Å². The Morgan fingerprint density at radius 3 is 2.26 bits per heavy atom. The number of nitriles is 1. The van der Waals surface area contributed by atoms with Gasteiger partial charge in [0.05, 0.1) is 17.3 Å². The summed E-state index contributed by atoms with van der Waals surface area (Å²) in [6.45, 7) is 10.6. The lowest BCUT2D eigenvalue weighted by molar-refractivity contribution is -0.123. The smallest absolute Gasteiger partial charge is 0.258 e. The maximum absolute atomic E-state index is 13.4. The van der Waals surface area contributed by atoms with Crippen LogP contribution < -0.4 is 15.1 Å². The first-order valence-corrected chi connectivity index (χ1v) is 13.4. The number of hydrogen-bond acceptors (Lipinski definition) is 5. The lowest BCUT2D eigenvalue weighted by atomic mass is 9.92. The summed E-state index contributed by atoms with van der Waals surface area (Å²) in [4.78, 5) is 32.4. The van der Waals surface area contributed by atoms with Gasteiger partial charge < -0.3 is 15.1 Å². The zero-order valence-electron chi connectivity index (χ0n) is 23.3. The summed E-state index contributed by atoms with van der Waals surface area (Å²) in [5.41, 5.74) is 6.34. The van der Waals surface area contributed by atoms with E-state index in [1.54, 1.807) is 11.0 Å². The molecule has 3 aromatic carbocycles. The Labute approximate surface area is 230 Å². The maximum Gasteiger partial charge on any atom is 0.258 e. The fourth-order valence-corrected chi connectivity index (χ4v) is 5.51. The van der Waals surface area contributed by atoms with E-state index < -0.39 is 5.41 Å². The minimum atomic E-state index is -0.525. The topological polar surface area (TPSA) is 79.7 Å². The third kappa shape index (κ3) is 4.88. The van der Waals surface area contributed by atoms with Crippen LogP contribution in [0, 0.1) is 23.7 Å². The first kappa shape index (κ1) is 26.5. The van der Waals surface area contributed by atoms with Gasteiger partial charge in [-0.15, -0.1) is 0 Å². The highest BCUT2D eigenvalue weighted by atomic mass is 16.2. The maximum atomic E-state index is 13.4. The lowest BCUT2D eigenvalue weighted by Crippen LogP contribution is -2.48. The van der Waals surface area contributed by atoms with Crippen molar-refractivity contribution < 1.29 is 9.59 Å². The van der Waals surface area contributed by atoms with E-state index >= 15 is 0 Å². The number of hydrogen-bond donors (Lipinski definition) is 1. The molecular weight excluding hydrogens is 486 g/mol. The number of benzene rings is 3. The molecule has 3 aromatic rings. The van der Waals surface area contributed by atoms with Gasteiger partial charge in [-0.3, -0.25) is 14.5 Å². The standard InChI is InChI=1S/C32H35N5O2/c1-21-18-28(22(20-33)19-26(21)34-31(39)32(2,3)4)36-14-16-37(17-15-36)29-23-10-6-7-11-24(23)30(38)35(5)27-13-9-8-12-25(27)29/h6-13,18-19,29H,14-17H2,1-5H3,(H,34,39). The van der Waals surface area contributed by atoms with Crippen LogP contribution in [-0.4, -0.2) is 49.9 Å². The number of nitrogens with one attached hydrogen (secondary N) is 1. The van der Waals surface area contributed by atoms with Crippen molar-refractivity contribution in [1.29, 1.82) is 5.26 Å². The third-order valence-corrected chi connectivity index (χ3v) is 7.80. The second-order valence-electron chi connectivity index (χ2n) is 11.4. The molecule has 2 aliphatic heterocycles. The van der Waals surface area contributed by atoms with E-state index in [0.717, 1.165) is 59.8 Å². The molecule has 1 fully saturated rings. The Kier molecular flexibility index (Phi) is 6.92. The number of carbonyl (C=O) groups excluding carboxylic acids is 2. The molecule has 1 unspecified atom stereocenters. The van der Waals surface area contributed by atoms with E-state index in [1.807, 2.05) is 77.2 Å². The van der Waals surface area contributed by atoms with E-state index in [-0.39, 0.29) is 17.9 Å². The molecule has 1 saturated heterocycles. The summed E-state index contributed by atoms with van der Waals surface area (Å²) in [6, 6.07) is 22.2. The molecule has 1 atom stereocenters. The largest absolute Gasteiger partial charge is 0.368 e. The summed E-state index contributed by atoms with van der Waals surface area (Å²) in [6.07, 6.45) is 0. The van der Waals surface area contributed by atoms with Gasteiger partial charge in [0.15, 0.2) is 0 Å². The number of piperazine rings is 1. The summed E-state index contributed by atoms with van der Waals surface area (Å²) in [5.74, 6) is -0.0732. The lowest BCUT2D eigenvalue weighted by Gasteiger charge is -2.41. The van der Waals surface area contributed by atoms with Gasteiger partial charge in [-0.05, 0) is 47.9 Å². The summed E-state index contributed by atoms with van der Waals surface area (Å²) in [7, 11) is 1.84. The van der Waals surface area contributed by atoms with Crippen molar-refractivity contribution in [2.24, 2.45) is 5.41 Å². The molecule has 0 aromatic heterocycles. The first-order chi connectivity index (χ1) is 18.6. The summed E-state index contributed by atoms with van der Waals surface area (Å²) < 4.78 is 0. The summed E-state index contributed by atoms with van der Waals surface area (Å²) >= 11 is 0. The highest BCUT2D eigenvalue weighted by molar-refractivity contribution is 6.08. The first-order valence-electron chi connectivity index (χ1n) is 13.4. The number of anilines is 3. The molecule has 0 aliphatic carbocycles. The molecule has 0 bridgehead atoms. The van der Waals surface area contributed by atoms with Crippen molar-refractivity contribution in [2.75, 3.05) is 48.3 Å². The molecule has 7 nitrogen and oxygen atoms in total. The zero-order chi connectivity index (χ0) is 27.9. The van der Waals surface area contributed by atoms with E-state index in [9.17, 15) is 14.9 Å². The fourth-order valence-electron chi connectivity index (χ4n) is 5.51. The van der Waals surface area contributed by atoms with Gasteiger partial charge >= 0.3 is 0 Å². The van der Waals surface area contributed by atoms with Gasteiger partial charge in [0, 0.05) is 55.6 Å². The predicted octanol–water partition coefficient (Wildman–Crippen LogP) is 5.35. The van der Waals surface area contributed by atoms with Gasteiger partial charge in [0.1, 0.15) is 6.07 Å². The average molecular weight is 522 g/mol. The fraction of sp³-hybridized carbons (Fsp3) is 0.344. The third-order valence-electron chi connectivity index (χ3n) is 7.80. The van der Waals surface area contributed by atoms with Crippen LogP contribution in [0.3, 0.4) is 0 Å². The Morgan fingerprint density at radius 1 is 0.949 bits per heavy atom. The van der Waals surface area contributed by atoms with E-state index in [2.05, 4.69) is 33.3 Å². The molecule has 7 heteroatoms. The van der Waals surface area contributed by atoms with Crippen LogP contribution in [0.15, 0.2) is 60.7 Å². The second kappa shape index (κ2) is 10.2. The molecular formula is C32H35N5O2. The number of carbonyl (C=O) groups is 2. The van der Waals surface area contributed by atoms with Gasteiger partial charge in [-0.2, -0.15) is 5.26 Å². The molecule has 5 rings (SSSR count). The van der Waals surface area contributed by atoms with E-state index in [0.29, 0.717) is 11.3 Å². The Hall–Kier alpha value is -4.15. The van der Waals surface area contributed by atoms with E-state index in [4.69, 9.17) is 0 Å². The predicted molar refractivity (Wildman–Crippen MR) is 155 cm³/mol. The van der Waals surface area contributed by atoms with Crippen LogP contribution in [0.4, 0.5) is 17.1 Å². The molecule has 0 saturated carbocycles. The van der Waals surface area contributed by atoms with Crippen molar-refractivity contribution in [1.82, 2.24) is 4.90 Å². The molecule has 2 aliphatic rings. The van der Waals surface area contributed by atoms with Gasteiger partial charge in [0.25, 0.3) is 5.91 Å². The molecule has 2 amide bonds. The minimum Gasteiger partial charge on any atom is -0.368 e. The molecule has 39 heavy (non-hydrogen) atoms. The number of aryl methyl sites for hydroxylation is 1. The van der Waals surface area contributed by atoms with Crippen LogP contribution in [0.25, 0.3) is 0 Å². The van der Waals surface area contributed by atoms with Gasteiger partial charge in [-0.1, -0.05) is 57.2 Å². The molecule has 0 radical (unpaired) electrons. The molecule has 0 spiro atoms. The number of nitrogens with zero attached hydrogens (tertiary/aromatic N) is 4. The number of rotatable bonds is 3. The molecule has 2 heterocycles. The Morgan fingerprint density at radius 2 is 1.59 bits per heavy atom.